The lowest BCUT2D eigenvalue weighted by atomic mass is 9.99. The highest BCUT2D eigenvalue weighted by atomic mass is 16.5. The predicted octanol–water partition coefficient (Wildman–Crippen LogP) is -0.0806. The highest BCUT2D eigenvalue weighted by Crippen LogP contribution is 2.08. The van der Waals surface area contributed by atoms with Gasteiger partial charge in [-0.3, -0.25) is 9.59 Å². The lowest BCUT2D eigenvalue weighted by Crippen LogP contribution is -2.49. The molecule has 3 N–H and O–H groups in total. The Balaban J connectivity index is 4.54. The van der Waals surface area contributed by atoms with E-state index in [4.69, 9.17) is 15.6 Å². The van der Waals surface area contributed by atoms with Gasteiger partial charge < -0.3 is 20.5 Å². The van der Waals surface area contributed by atoms with Crippen LogP contribution in [0.3, 0.4) is 0 Å². The van der Waals surface area contributed by atoms with Gasteiger partial charge in [-0.05, 0) is 5.92 Å². The van der Waals surface area contributed by atoms with Crippen LogP contribution in [0.2, 0.25) is 0 Å². The van der Waals surface area contributed by atoms with Crippen LogP contribution in [0.25, 0.3) is 0 Å². The first-order valence-electron chi connectivity index (χ1n) is 5.69. The minimum atomic E-state index is -1.05. The van der Waals surface area contributed by atoms with Crippen molar-refractivity contribution in [2.45, 2.75) is 26.3 Å². The highest BCUT2D eigenvalue weighted by molar-refractivity contribution is 5.85. The zero-order valence-electron chi connectivity index (χ0n) is 10.7. The second-order valence-electron chi connectivity index (χ2n) is 4.06. The number of nitrogens with two attached hydrogens (primary N) is 1. The first-order chi connectivity index (χ1) is 7.93. The summed E-state index contributed by atoms with van der Waals surface area (Å²) in [7, 11) is 1.50. The normalized spacial score (nSPS) is 14.1. The van der Waals surface area contributed by atoms with Gasteiger partial charge in [-0.15, -0.1) is 0 Å². The van der Waals surface area contributed by atoms with E-state index >= 15 is 0 Å². The molecule has 0 aliphatic heterocycles. The number of carboxylic acid groups (broad SMARTS) is 1. The average molecular weight is 246 g/mol. The molecule has 6 heteroatoms. The van der Waals surface area contributed by atoms with E-state index in [9.17, 15) is 9.59 Å². The molecule has 0 fully saturated rings. The maximum absolute atomic E-state index is 12.0. The Kier molecular flexibility index (Phi) is 7.49. The Hall–Kier alpha value is -1.14. The first kappa shape index (κ1) is 15.9. The van der Waals surface area contributed by atoms with Gasteiger partial charge in [-0.25, -0.2) is 0 Å². The van der Waals surface area contributed by atoms with Crippen molar-refractivity contribution in [1.82, 2.24) is 4.90 Å². The summed E-state index contributed by atoms with van der Waals surface area (Å²) in [5.74, 6) is -1.36. The van der Waals surface area contributed by atoms with Crippen molar-refractivity contribution in [1.29, 1.82) is 0 Å². The third-order valence-corrected chi connectivity index (χ3v) is 2.75. The van der Waals surface area contributed by atoms with Crippen LogP contribution >= 0.6 is 0 Å². The summed E-state index contributed by atoms with van der Waals surface area (Å²) >= 11 is 0. The van der Waals surface area contributed by atoms with Crippen LogP contribution in [0.1, 0.15) is 20.3 Å². The fourth-order valence-electron chi connectivity index (χ4n) is 1.34. The maximum atomic E-state index is 12.0. The molecule has 0 aromatic carbocycles. The number of carbonyl (C=O) groups is 2. The quantitative estimate of drug-likeness (QED) is 0.625. The molecule has 17 heavy (non-hydrogen) atoms. The van der Waals surface area contributed by atoms with Crippen LogP contribution in [0.5, 0.6) is 0 Å². The molecule has 0 aromatic rings. The van der Waals surface area contributed by atoms with Crippen LogP contribution < -0.4 is 5.73 Å². The van der Waals surface area contributed by atoms with E-state index in [-0.39, 0.29) is 24.9 Å². The predicted molar refractivity (Wildman–Crippen MR) is 63.5 cm³/mol. The molecule has 0 aliphatic carbocycles. The Labute approximate surface area is 102 Å². The van der Waals surface area contributed by atoms with Gasteiger partial charge in [0, 0.05) is 13.7 Å². The van der Waals surface area contributed by atoms with Gasteiger partial charge >= 0.3 is 5.97 Å². The summed E-state index contributed by atoms with van der Waals surface area (Å²) in [5, 5.41) is 8.73. The number of carbonyl (C=O) groups excluding carboxylic acids is 1. The first-order valence-corrected chi connectivity index (χ1v) is 5.69. The molecule has 6 nitrogen and oxygen atoms in total. The number of rotatable bonds is 8. The van der Waals surface area contributed by atoms with Crippen LogP contribution in [-0.2, 0) is 14.3 Å². The van der Waals surface area contributed by atoms with E-state index in [1.807, 2.05) is 13.8 Å². The SMILES string of the molecule is CCC(C)[C@H](N)C(=O)N(CCOC)CC(=O)O. The molecule has 0 aromatic heterocycles. The fourth-order valence-corrected chi connectivity index (χ4v) is 1.34. The standard InChI is InChI=1S/C11H22N2O4/c1-4-8(2)10(12)11(16)13(5-6-17-3)7-9(14)15/h8,10H,4-7,12H2,1-3H3,(H,14,15)/t8?,10-/m0/s1. The molecule has 2 atom stereocenters. The van der Waals surface area contributed by atoms with Crippen molar-refractivity contribution >= 4 is 11.9 Å². The van der Waals surface area contributed by atoms with Gasteiger partial charge in [0.1, 0.15) is 6.54 Å². The third-order valence-electron chi connectivity index (χ3n) is 2.75. The minimum absolute atomic E-state index is 0.0290. The number of aliphatic carboxylic acids is 1. The molecule has 0 rings (SSSR count). The Morgan fingerprint density at radius 1 is 1.47 bits per heavy atom. The largest absolute Gasteiger partial charge is 0.480 e. The summed E-state index contributed by atoms with van der Waals surface area (Å²) in [6.07, 6.45) is 0.776. The maximum Gasteiger partial charge on any atom is 0.323 e. The number of methoxy groups -OCH3 is 1. The van der Waals surface area contributed by atoms with Crippen molar-refractivity contribution in [3.8, 4) is 0 Å². The van der Waals surface area contributed by atoms with E-state index in [1.54, 1.807) is 0 Å². The topological polar surface area (TPSA) is 92.9 Å². The molecule has 0 heterocycles. The molecular weight excluding hydrogens is 224 g/mol. The second-order valence-corrected chi connectivity index (χ2v) is 4.06. The molecule has 0 aliphatic rings. The monoisotopic (exact) mass is 246 g/mol. The number of carboxylic acids is 1. The van der Waals surface area contributed by atoms with E-state index in [0.717, 1.165) is 6.42 Å². The van der Waals surface area contributed by atoms with Crippen molar-refractivity contribution < 1.29 is 19.4 Å². The summed E-state index contributed by atoms with van der Waals surface area (Å²) in [5.41, 5.74) is 5.79. The van der Waals surface area contributed by atoms with Crippen LogP contribution in [0.4, 0.5) is 0 Å². The van der Waals surface area contributed by atoms with Gasteiger partial charge in [0.2, 0.25) is 5.91 Å². The fraction of sp³-hybridized carbons (Fsp3) is 0.818. The molecule has 100 valence electrons. The Bertz CT molecular complexity index is 258. The Morgan fingerprint density at radius 2 is 2.06 bits per heavy atom. The molecule has 0 saturated heterocycles. The molecule has 1 amide bonds. The molecule has 1 unspecified atom stereocenters. The average Bonchev–Trinajstić information content (AvgIpc) is 2.31. The van der Waals surface area contributed by atoms with E-state index < -0.39 is 12.0 Å². The van der Waals surface area contributed by atoms with Gasteiger partial charge in [-0.1, -0.05) is 20.3 Å². The molecular formula is C11H22N2O4. The smallest absolute Gasteiger partial charge is 0.323 e. The minimum Gasteiger partial charge on any atom is -0.480 e. The summed E-state index contributed by atoms with van der Waals surface area (Å²) in [6.45, 7) is 4.01. The van der Waals surface area contributed by atoms with Crippen LogP contribution in [0, 0.1) is 5.92 Å². The Morgan fingerprint density at radius 3 is 2.47 bits per heavy atom. The van der Waals surface area contributed by atoms with E-state index in [2.05, 4.69) is 0 Å². The summed E-state index contributed by atoms with van der Waals surface area (Å²) in [4.78, 5) is 23.9. The second kappa shape index (κ2) is 8.03. The zero-order chi connectivity index (χ0) is 13.4. The number of nitrogens with zero attached hydrogens (tertiary/aromatic N) is 1. The molecule has 0 radical (unpaired) electrons. The number of hydrogen-bond donors (Lipinski definition) is 2. The molecule has 0 bridgehead atoms. The van der Waals surface area contributed by atoms with Gasteiger partial charge in [0.05, 0.1) is 12.6 Å². The van der Waals surface area contributed by atoms with Gasteiger partial charge in [-0.2, -0.15) is 0 Å². The lowest BCUT2D eigenvalue weighted by molar-refractivity contribution is -0.145. The van der Waals surface area contributed by atoms with E-state index in [1.165, 1.54) is 12.0 Å². The molecule has 0 saturated carbocycles. The number of ether oxygens (including phenoxy) is 1. The number of amides is 1. The summed E-state index contributed by atoms with van der Waals surface area (Å²) < 4.78 is 4.84. The van der Waals surface area contributed by atoms with Crippen molar-refractivity contribution in [2.75, 3.05) is 26.8 Å². The molecule has 0 spiro atoms. The highest BCUT2D eigenvalue weighted by Gasteiger charge is 2.26. The van der Waals surface area contributed by atoms with Gasteiger partial charge in [0.15, 0.2) is 0 Å². The van der Waals surface area contributed by atoms with Crippen molar-refractivity contribution in [3.63, 3.8) is 0 Å². The zero-order valence-corrected chi connectivity index (χ0v) is 10.7. The van der Waals surface area contributed by atoms with Crippen molar-refractivity contribution in [3.05, 3.63) is 0 Å². The van der Waals surface area contributed by atoms with Crippen LogP contribution in [-0.4, -0.2) is 54.7 Å². The number of hydrogen-bond acceptors (Lipinski definition) is 4. The summed E-state index contributed by atoms with van der Waals surface area (Å²) in [6, 6.07) is -0.656. The van der Waals surface area contributed by atoms with E-state index in [0.29, 0.717) is 6.61 Å². The van der Waals surface area contributed by atoms with Gasteiger partial charge in [0.25, 0.3) is 0 Å². The van der Waals surface area contributed by atoms with Crippen LogP contribution in [0.15, 0.2) is 0 Å². The lowest BCUT2D eigenvalue weighted by Gasteiger charge is -2.26. The third kappa shape index (κ3) is 5.65. The van der Waals surface area contributed by atoms with Crippen molar-refractivity contribution in [2.24, 2.45) is 11.7 Å².